The first-order chi connectivity index (χ1) is 10.1. The minimum atomic E-state index is -0.455. The average Bonchev–Trinajstić information content (AvgIpc) is 2.95. The predicted octanol–water partition coefficient (Wildman–Crippen LogP) is 3.07. The van der Waals surface area contributed by atoms with E-state index in [1.54, 1.807) is 29.5 Å². The molecule has 0 aliphatic carbocycles. The number of anilines is 2. The van der Waals surface area contributed by atoms with Gasteiger partial charge >= 0.3 is 5.69 Å². The molecule has 0 saturated carbocycles. The molecule has 0 fully saturated rings. The van der Waals surface area contributed by atoms with Gasteiger partial charge in [0.05, 0.1) is 11.0 Å². The van der Waals surface area contributed by atoms with Crippen molar-refractivity contribution < 1.29 is 4.92 Å². The van der Waals surface area contributed by atoms with Crippen LogP contribution in [0.2, 0.25) is 0 Å². The van der Waals surface area contributed by atoms with Gasteiger partial charge in [-0.05, 0) is 25.5 Å². The van der Waals surface area contributed by atoms with Gasteiger partial charge in [-0.1, -0.05) is 13.0 Å². The molecule has 1 aromatic carbocycles. The molecule has 0 aliphatic heterocycles. The van der Waals surface area contributed by atoms with Gasteiger partial charge in [0.15, 0.2) is 0 Å². The van der Waals surface area contributed by atoms with Crippen LogP contribution < -0.4 is 16.6 Å². The van der Waals surface area contributed by atoms with E-state index >= 15 is 0 Å². The fourth-order valence-corrected chi connectivity index (χ4v) is 2.81. The highest BCUT2D eigenvalue weighted by Gasteiger charge is 2.21. The number of aryl methyl sites for hydroxylation is 1. The highest BCUT2D eigenvalue weighted by Crippen LogP contribution is 2.34. The Morgan fingerprint density at radius 1 is 1.48 bits per heavy atom. The van der Waals surface area contributed by atoms with Gasteiger partial charge in [0.2, 0.25) is 0 Å². The molecule has 4 N–H and O–H groups in total. The third-order valence-corrected chi connectivity index (χ3v) is 4.36. The Kier molecular flexibility index (Phi) is 4.71. The molecule has 2 aromatic rings. The van der Waals surface area contributed by atoms with Gasteiger partial charge in [-0.3, -0.25) is 16.0 Å². The van der Waals surface area contributed by atoms with Crippen LogP contribution in [0.25, 0.3) is 0 Å². The Balaban J connectivity index is 2.28. The molecule has 0 bridgehead atoms. The summed E-state index contributed by atoms with van der Waals surface area (Å²) in [5, 5.41) is 15.3. The summed E-state index contributed by atoms with van der Waals surface area (Å²) in [6, 6.07) is 4.80. The van der Waals surface area contributed by atoms with Crippen molar-refractivity contribution in [3.05, 3.63) is 44.4 Å². The van der Waals surface area contributed by atoms with E-state index in [0.29, 0.717) is 5.69 Å². The zero-order chi connectivity index (χ0) is 15.4. The van der Waals surface area contributed by atoms with Crippen LogP contribution in [0.15, 0.2) is 24.4 Å². The molecule has 8 heteroatoms. The molecule has 0 amide bonds. The predicted molar refractivity (Wildman–Crippen MR) is 84.4 cm³/mol. The number of hydrazine groups is 1. The molecule has 1 atom stereocenters. The highest BCUT2D eigenvalue weighted by atomic mass is 32.1. The largest absolute Gasteiger partial charge is 0.370 e. The number of nitro benzene ring substituents is 1. The molecule has 0 saturated heterocycles. The van der Waals surface area contributed by atoms with Gasteiger partial charge in [0.25, 0.3) is 0 Å². The molecular formula is C13H17N5O2S. The number of benzene rings is 1. The molecule has 0 radical (unpaired) electrons. The minimum absolute atomic E-state index is 0.0703. The molecule has 112 valence electrons. The van der Waals surface area contributed by atoms with Gasteiger partial charge < -0.3 is 10.7 Å². The van der Waals surface area contributed by atoms with Gasteiger partial charge in [-0.25, -0.2) is 4.98 Å². The first kappa shape index (κ1) is 15.2. The maximum Gasteiger partial charge on any atom is 0.316 e. The third kappa shape index (κ3) is 3.29. The Labute approximate surface area is 126 Å². The van der Waals surface area contributed by atoms with Gasteiger partial charge in [-0.2, -0.15) is 0 Å². The summed E-state index contributed by atoms with van der Waals surface area (Å²) in [4.78, 5) is 16.3. The summed E-state index contributed by atoms with van der Waals surface area (Å²) in [7, 11) is 0. The zero-order valence-corrected chi connectivity index (χ0v) is 12.6. The first-order valence-electron chi connectivity index (χ1n) is 6.52. The Hall–Kier alpha value is -2.19. The lowest BCUT2D eigenvalue weighted by molar-refractivity contribution is -0.383. The van der Waals surface area contributed by atoms with Crippen molar-refractivity contribution in [1.82, 2.24) is 4.98 Å². The van der Waals surface area contributed by atoms with Crippen molar-refractivity contribution in [1.29, 1.82) is 0 Å². The lowest BCUT2D eigenvalue weighted by Gasteiger charge is -2.14. The first-order valence-corrected chi connectivity index (χ1v) is 7.33. The van der Waals surface area contributed by atoms with Crippen molar-refractivity contribution in [3.63, 3.8) is 0 Å². The van der Waals surface area contributed by atoms with Crippen LogP contribution in [0, 0.1) is 10.1 Å². The quantitative estimate of drug-likeness (QED) is 0.430. The Bertz CT molecular complexity index is 643. The number of thiazole rings is 1. The van der Waals surface area contributed by atoms with Crippen LogP contribution in [-0.2, 0) is 6.42 Å². The number of hydrogen-bond donors (Lipinski definition) is 3. The molecule has 0 aliphatic rings. The third-order valence-electron chi connectivity index (χ3n) is 3.04. The van der Waals surface area contributed by atoms with E-state index in [0.717, 1.165) is 11.4 Å². The SMILES string of the molecule is CCc1cnc(C(C)Nc2cccc(NN)c2[N+](=O)[O-])s1. The number of aromatic nitrogens is 1. The average molecular weight is 307 g/mol. The number of nitro groups is 1. The second-order valence-electron chi connectivity index (χ2n) is 4.49. The fourth-order valence-electron chi connectivity index (χ4n) is 1.95. The summed E-state index contributed by atoms with van der Waals surface area (Å²) in [6.45, 7) is 3.99. The van der Waals surface area contributed by atoms with E-state index < -0.39 is 4.92 Å². The van der Waals surface area contributed by atoms with Crippen LogP contribution in [0.1, 0.15) is 29.8 Å². The minimum Gasteiger partial charge on any atom is -0.370 e. The maximum absolute atomic E-state index is 11.2. The molecule has 1 heterocycles. The number of nitrogen functional groups attached to an aromatic ring is 1. The Morgan fingerprint density at radius 3 is 2.76 bits per heavy atom. The summed E-state index contributed by atoms with van der Waals surface area (Å²) >= 11 is 1.60. The second kappa shape index (κ2) is 6.51. The van der Waals surface area contributed by atoms with Crippen LogP contribution in [0.3, 0.4) is 0 Å². The van der Waals surface area contributed by atoms with E-state index in [4.69, 9.17) is 5.84 Å². The van der Waals surface area contributed by atoms with Crippen LogP contribution in [0.4, 0.5) is 17.1 Å². The normalized spacial score (nSPS) is 12.0. The summed E-state index contributed by atoms with van der Waals surface area (Å²) in [5.74, 6) is 5.33. The fraction of sp³-hybridized carbons (Fsp3) is 0.308. The van der Waals surface area contributed by atoms with Crippen LogP contribution in [0.5, 0.6) is 0 Å². The van der Waals surface area contributed by atoms with Gasteiger partial charge in [-0.15, -0.1) is 11.3 Å². The van der Waals surface area contributed by atoms with Gasteiger partial charge in [0.1, 0.15) is 16.4 Å². The van der Waals surface area contributed by atoms with Crippen molar-refractivity contribution in [2.75, 3.05) is 10.7 Å². The Morgan fingerprint density at radius 2 is 2.19 bits per heavy atom. The summed E-state index contributed by atoms with van der Waals surface area (Å²) in [6.07, 6.45) is 2.77. The molecule has 21 heavy (non-hydrogen) atoms. The van der Waals surface area contributed by atoms with E-state index in [-0.39, 0.29) is 17.4 Å². The van der Waals surface area contributed by atoms with Gasteiger partial charge in [0, 0.05) is 11.1 Å². The highest BCUT2D eigenvalue weighted by molar-refractivity contribution is 7.11. The zero-order valence-electron chi connectivity index (χ0n) is 11.8. The van der Waals surface area contributed by atoms with Crippen molar-refractivity contribution in [2.45, 2.75) is 26.3 Å². The van der Waals surface area contributed by atoms with Crippen molar-refractivity contribution in [3.8, 4) is 0 Å². The molecule has 2 rings (SSSR count). The van der Waals surface area contributed by atoms with E-state index in [2.05, 4.69) is 22.7 Å². The topological polar surface area (TPSA) is 106 Å². The number of nitrogens with two attached hydrogens (primary N) is 1. The molecule has 0 spiro atoms. The number of para-hydroxylation sites is 1. The number of nitrogens with zero attached hydrogens (tertiary/aromatic N) is 2. The maximum atomic E-state index is 11.2. The number of hydrogen-bond acceptors (Lipinski definition) is 7. The standard InChI is InChI=1S/C13H17N5O2S/c1-3-9-7-15-13(21-9)8(2)16-10-5-4-6-11(17-14)12(10)18(19)20/h4-8,16-17H,3,14H2,1-2H3. The molecule has 7 nitrogen and oxygen atoms in total. The number of nitrogens with one attached hydrogen (secondary N) is 2. The van der Waals surface area contributed by atoms with Crippen LogP contribution in [-0.4, -0.2) is 9.91 Å². The van der Waals surface area contributed by atoms with Crippen molar-refractivity contribution in [2.24, 2.45) is 5.84 Å². The van der Waals surface area contributed by atoms with E-state index in [9.17, 15) is 10.1 Å². The molecule has 1 aromatic heterocycles. The smallest absolute Gasteiger partial charge is 0.316 e. The van der Waals surface area contributed by atoms with E-state index in [1.807, 2.05) is 13.1 Å². The van der Waals surface area contributed by atoms with Crippen LogP contribution >= 0.6 is 11.3 Å². The van der Waals surface area contributed by atoms with Crippen molar-refractivity contribution >= 4 is 28.4 Å². The summed E-state index contributed by atoms with van der Waals surface area (Å²) < 4.78 is 0. The van der Waals surface area contributed by atoms with E-state index in [1.165, 1.54) is 4.88 Å². The molecule has 1 unspecified atom stereocenters. The summed E-state index contributed by atoms with van der Waals surface area (Å²) in [5.41, 5.74) is 2.96. The number of rotatable bonds is 6. The second-order valence-corrected chi connectivity index (χ2v) is 5.63. The molecular weight excluding hydrogens is 290 g/mol. The lowest BCUT2D eigenvalue weighted by atomic mass is 10.2. The lowest BCUT2D eigenvalue weighted by Crippen LogP contribution is -2.12. The monoisotopic (exact) mass is 307 g/mol.